The first-order valence-corrected chi connectivity index (χ1v) is 19.0. The zero-order valence-electron chi connectivity index (χ0n) is 31.0. The highest BCUT2D eigenvalue weighted by atomic mass is 16.4. The van der Waals surface area contributed by atoms with Crippen LogP contribution in [-0.2, 0) is 33.6 Å². The van der Waals surface area contributed by atoms with Crippen LogP contribution in [0.3, 0.4) is 0 Å². The molecule has 1 aromatic carbocycles. The van der Waals surface area contributed by atoms with Crippen LogP contribution in [0.15, 0.2) is 67.4 Å². The number of imidazole rings is 1. The highest BCUT2D eigenvalue weighted by Crippen LogP contribution is 2.30. The molecule has 2 heterocycles. The molecule has 0 unspecified atom stereocenters. The number of carbonyl (C=O) groups is 4. The van der Waals surface area contributed by atoms with E-state index in [9.17, 15) is 29.4 Å². The van der Waals surface area contributed by atoms with Crippen molar-refractivity contribution in [3.05, 3.63) is 84.2 Å². The van der Waals surface area contributed by atoms with E-state index >= 15 is 0 Å². The number of nitrogens with one attached hydrogen (secondary N) is 5. The van der Waals surface area contributed by atoms with Crippen molar-refractivity contribution in [1.29, 1.82) is 0 Å². The van der Waals surface area contributed by atoms with Gasteiger partial charge in [-0.1, -0.05) is 76.3 Å². The van der Waals surface area contributed by atoms with Gasteiger partial charge in [-0.3, -0.25) is 19.4 Å². The van der Waals surface area contributed by atoms with Gasteiger partial charge >= 0.3 is 6.09 Å². The quantitative estimate of drug-likeness (QED) is 0.0840. The van der Waals surface area contributed by atoms with Gasteiger partial charge in [-0.2, -0.15) is 0 Å². The fourth-order valence-corrected chi connectivity index (χ4v) is 7.17. The van der Waals surface area contributed by atoms with Gasteiger partial charge < -0.3 is 36.5 Å². The number of hydrogen-bond acceptors (Lipinski definition) is 7. The van der Waals surface area contributed by atoms with Gasteiger partial charge in [0, 0.05) is 50.1 Å². The number of aryl methyl sites for hydroxylation is 1. The number of pyridine rings is 1. The lowest BCUT2D eigenvalue weighted by molar-refractivity contribution is -0.131. The number of nitrogens with zero attached hydrogens (tertiary/aromatic N) is 2. The van der Waals surface area contributed by atoms with Crippen LogP contribution in [-0.4, -0.2) is 79.8 Å². The molecule has 2 aromatic heterocycles. The van der Waals surface area contributed by atoms with E-state index in [0.29, 0.717) is 50.3 Å². The van der Waals surface area contributed by atoms with E-state index < -0.39 is 42.1 Å². The van der Waals surface area contributed by atoms with Gasteiger partial charge in [0.15, 0.2) is 0 Å². The molecular weight excluding hydrogens is 674 g/mol. The summed E-state index contributed by atoms with van der Waals surface area (Å²) in [6.45, 7) is 4.69. The average Bonchev–Trinajstić information content (AvgIpc) is 3.67. The Kier molecular flexibility index (Phi) is 16.8. The molecule has 4 amide bonds. The van der Waals surface area contributed by atoms with Crippen LogP contribution in [0.4, 0.5) is 4.79 Å². The molecule has 1 aliphatic carbocycles. The summed E-state index contributed by atoms with van der Waals surface area (Å²) < 4.78 is 0. The van der Waals surface area contributed by atoms with Gasteiger partial charge in [0.1, 0.15) is 12.1 Å². The number of carbonyl (C=O) groups excluding carboxylic acids is 3. The van der Waals surface area contributed by atoms with Crippen LogP contribution in [0, 0.1) is 17.8 Å². The lowest BCUT2D eigenvalue weighted by Gasteiger charge is -2.34. The van der Waals surface area contributed by atoms with Crippen LogP contribution in [0.5, 0.6) is 0 Å². The third kappa shape index (κ3) is 14.6. The molecule has 0 spiro atoms. The molecule has 0 radical (unpaired) electrons. The first-order chi connectivity index (χ1) is 25.6. The number of aromatic amines is 1. The number of carboxylic acid groups (broad SMARTS) is 1. The maximum Gasteiger partial charge on any atom is 0.405 e. The van der Waals surface area contributed by atoms with Gasteiger partial charge in [0.25, 0.3) is 0 Å². The number of aromatic nitrogens is 3. The molecule has 0 saturated heterocycles. The number of hydrogen-bond donors (Lipinski definition) is 7. The summed E-state index contributed by atoms with van der Waals surface area (Å²) in [6, 6.07) is 10.1. The SMILES string of the molecule is CC(C)[C@@H](CCNC(=O)CCc1ccncc1)C[C@H](O)[C@H](CC1CCCCC1)NC(=O)[C@H](Cc1cnc[nH]1)NC(=O)[C@H](Cc1ccccc1)NC(=O)O. The van der Waals surface area contributed by atoms with Crippen molar-refractivity contribution >= 4 is 23.8 Å². The summed E-state index contributed by atoms with van der Waals surface area (Å²) in [6.07, 6.45) is 12.6. The number of H-pyrrole nitrogens is 1. The second kappa shape index (κ2) is 21.7. The van der Waals surface area contributed by atoms with Crippen molar-refractivity contribution in [3.63, 3.8) is 0 Å². The molecule has 0 bridgehead atoms. The Morgan fingerprint density at radius 3 is 2.23 bits per heavy atom. The van der Waals surface area contributed by atoms with E-state index in [1.165, 1.54) is 12.7 Å². The second-order valence-corrected chi connectivity index (χ2v) is 14.7. The molecule has 13 heteroatoms. The van der Waals surface area contributed by atoms with E-state index in [2.05, 4.69) is 50.1 Å². The molecule has 53 heavy (non-hydrogen) atoms. The van der Waals surface area contributed by atoms with Crippen LogP contribution in [0.1, 0.15) is 88.5 Å². The van der Waals surface area contributed by atoms with Crippen molar-refractivity contribution < 1.29 is 29.4 Å². The van der Waals surface area contributed by atoms with Crippen LogP contribution in [0.2, 0.25) is 0 Å². The first-order valence-electron chi connectivity index (χ1n) is 19.0. The monoisotopic (exact) mass is 731 g/mol. The summed E-state index contributed by atoms with van der Waals surface area (Å²) in [5.74, 6) is -0.483. The van der Waals surface area contributed by atoms with E-state index in [1.54, 1.807) is 30.7 Å². The van der Waals surface area contributed by atoms with Crippen LogP contribution in [0.25, 0.3) is 0 Å². The van der Waals surface area contributed by atoms with Gasteiger partial charge in [-0.05, 0) is 66.7 Å². The van der Waals surface area contributed by atoms with Crippen molar-refractivity contribution in [3.8, 4) is 0 Å². The maximum absolute atomic E-state index is 14.1. The van der Waals surface area contributed by atoms with Gasteiger partial charge in [0.2, 0.25) is 17.7 Å². The fraction of sp³-hybridized carbons (Fsp3) is 0.550. The summed E-state index contributed by atoms with van der Waals surface area (Å²) in [5, 5.41) is 32.6. The molecule has 1 fully saturated rings. The molecule has 4 rings (SSSR count). The lowest BCUT2D eigenvalue weighted by atomic mass is 9.80. The van der Waals surface area contributed by atoms with Crippen molar-refractivity contribution in [2.24, 2.45) is 17.8 Å². The molecule has 1 saturated carbocycles. The van der Waals surface area contributed by atoms with Gasteiger partial charge in [-0.15, -0.1) is 0 Å². The third-order valence-electron chi connectivity index (χ3n) is 10.3. The summed E-state index contributed by atoms with van der Waals surface area (Å²) in [7, 11) is 0. The fourth-order valence-electron chi connectivity index (χ4n) is 7.17. The first kappa shape index (κ1) is 41.0. The van der Waals surface area contributed by atoms with E-state index in [-0.39, 0.29) is 30.6 Å². The molecule has 288 valence electrons. The predicted molar refractivity (Wildman–Crippen MR) is 202 cm³/mol. The maximum atomic E-state index is 14.1. The van der Waals surface area contributed by atoms with E-state index in [0.717, 1.165) is 36.8 Å². The topological polar surface area (TPSA) is 198 Å². The van der Waals surface area contributed by atoms with Crippen molar-refractivity contribution in [1.82, 2.24) is 36.2 Å². The van der Waals surface area contributed by atoms with Gasteiger partial charge in [0.05, 0.1) is 18.5 Å². The predicted octanol–water partition coefficient (Wildman–Crippen LogP) is 4.33. The molecule has 0 aliphatic heterocycles. The molecule has 7 N–H and O–H groups in total. The van der Waals surface area contributed by atoms with Crippen molar-refractivity contribution in [2.75, 3.05) is 6.54 Å². The Hall–Kier alpha value is -4.78. The number of aliphatic hydroxyl groups excluding tert-OH is 1. The minimum atomic E-state index is -1.35. The third-order valence-corrected chi connectivity index (χ3v) is 10.3. The molecule has 5 atom stereocenters. The molecule has 1 aliphatic rings. The number of amides is 4. The summed E-state index contributed by atoms with van der Waals surface area (Å²) in [4.78, 5) is 63.1. The summed E-state index contributed by atoms with van der Waals surface area (Å²) >= 11 is 0. The lowest BCUT2D eigenvalue weighted by Crippen LogP contribution is -2.57. The average molecular weight is 732 g/mol. The minimum Gasteiger partial charge on any atom is -0.465 e. The number of benzene rings is 1. The smallest absolute Gasteiger partial charge is 0.405 e. The van der Waals surface area contributed by atoms with Gasteiger partial charge in [-0.25, -0.2) is 9.78 Å². The molecule has 3 aromatic rings. The van der Waals surface area contributed by atoms with E-state index in [4.69, 9.17) is 0 Å². The Balaban J connectivity index is 1.44. The summed E-state index contributed by atoms with van der Waals surface area (Å²) in [5.41, 5.74) is 2.43. The number of aliphatic hydroxyl groups is 1. The Bertz CT molecular complexity index is 1530. The Morgan fingerprint density at radius 1 is 0.868 bits per heavy atom. The normalized spacial score (nSPS) is 16.2. The molecule has 13 nitrogen and oxygen atoms in total. The Morgan fingerprint density at radius 2 is 1.57 bits per heavy atom. The highest BCUT2D eigenvalue weighted by Gasteiger charge is 2.33. The van der Waals surface area contributed by atoms with Crippen molar-refractivity contribution in [2.45, 2.75) is 115 Å². The minimum absolute atomic E-state index is 0.0257. The Labute approximate surface area is 312 Å². The zero-order chi connectivity index (χ0) is 38.0. The molecular formula is C40H57N7O6. The van der Waals surface area contributed by atoms with E-state index in [1.807, 2.05) is 30.3 Å². The zero-order valence-corrected chi connectivity index (χ0v) is 31.0. The van der Waals surface area contributed by atoms with Crippen LogP contribution < -0.4 is 21.3 Å². The highest BCUT2D eigenvalue weighted by molar-refractivity contribution is 5.91. The number of rotatable bonds is 21. The second-order valence-electron chi connectivity index (χ2n) is 14.7. The largest absolute Gasteiger partial charge is 0.465 e. The van der Waals surface area contributed by atoms with Crippen LogP contribution >= 0.6 is 0 Å². The standard InChI is InChI=1S/C40H57N7O6/c1-27(2)31(17-20-43-37(49)14-13-28-15-18-41-19-16-28)23-36(48)33(21-29-9-5-3-6-10-29)45-39(51)35(24-32-25-42-26-44-32)46-38(50)34(47-40(52)53)22-30-11-7-4-8-12-30/h4,7-8,11-12,15-16,18-19,25-27,29,31,33-36,47-48H,3,5-6,9-10,13-14,17,20-24H2,1-2H3,(H,42,44)(H,43,49)(H,45,51)(H,46,50)(H,52,53)/t31-,33-,34-,35-,36-/m0/s1.